The Kier molecular flexibility index (Phi) is 2.96. The Morgan fingerprint density at radius 1 is 1.38 bits per heavy atom. The molecule has 0 unspecified atom stereocenters. The Bertz CT molecular complexity index is 508. The van der Waals surface area contributed by atoms with E-state index in [0.717, 1.165) is 10.0 Å². The maximum atomic E-state index is 5.72. The zero-order chi connectivity index (χ0) is 11.7. The lowest BCUT2D eigenvalue weighted by Crippen LogP contribution is -1.90. The van der Waals surface area contributed by atoms with Gasteiger partial charge in [0, 0.05) is 16.1 Å². The smallest absolute Gasteiger partial charge is 0.259 e. The highest BCUT2D eigenvalue weighted by atomic mass is 79.9. The summed E-state index contributed by atoms with van der Waals surface area (Å²) in [6.45, 7) is 4.03. The van der Waals surface area contributed by atoms with Crippen molar-refractivity contribution in [3.63, 3.8) is 0 Å². The maximum Gasteiger partial charge on any atom is 0.259 e. The monoisotopic (exact) mass is 281 g/mol. The van der Waals surface area contributed by atoms with Gasteiger partial charge in [0.25, 0.3) is 5.89 Å². The second kappa shape index (κ2) is 4.25. The van der Waals surface area contributed by atoms with Crippen molar-refractivity contribution < 1.29 is 4.52 Å². The lowest BCUT2D eigenvalue weighted by atomic mass is 10.2. The van der Waals surface area contributed by atoms with Gasteiger partial charge < -0.3 is 10.3 Å². The summed E-state index contributed by atoms with van der Waals surface area (Å²) < 4.78 is 6.09. The summed E-state index contributed by atoms with van der Waals surface area (Å²) in [7, 11) is 0. The third kappa shape index (κ3) is 2.09. The minimum Gasteiger partial charge on any atom is -0.399 e. The van der Waals surface area contributed by atoms with Gasteiger partial charge in [0.2, 0.25) is 0 Å². The molecule has 1 aromatic carbocycles. The predicted octanol–water partition coefficient (Wildman–Crippen LogP) is 3.20. The number of aromatic nitrogens is 2. The van der Waals surface area contributed by atoms with Crippen LogP contribution in [0.2, 0.25) is 0 Å². The second-order valence-corrected chi connectivity index (χ2v) is 4.71. The first-order valence-electron chi connectivity index (χ1n) is 4.97. The van der Waals surface area contributed by atoms with E-state index in [-0.39, 0.29) is 5.92 Å². The second-order valence-electron chi connectivity index (χ2n) is 3.85. The Morgan fingerprint density at radius 2 is 2.12 bits per heavy atom. The molecule has 0 atom stereocenters. The van der Waals surface area contributed by atoms with Crippen molar-refractivity contribution in [2.45, 2.75) is 19.8 Å². The van der Waals surface area contributed by atoms with Crippen LogP contribution >= 0.6 is 15.9 Å². The molecule has 5 heteroatoms. The number of hydrogen-bond donors (Lipinski definition) is 1. The minimum atomic E-state index is 0.248. The quantitative estimate of drug-likeness (QED) is 0.859. The van der Waals surface area contributed by atoms with Gasteiger partial charge in [-0.25, -0.2) is 0 Å². The normalized spacial score (nSPS) is 11.0. The Labute approximate surface area is 102 Å². The van der Waals surface area contributed by atoms with Gasteiger partial charge in [-0.2, -0.15) is 4.98 Å². The lowest BCUT2D eigenvalue weighted by molar-refractivity contribution is 0.419. The van der Waals surface area contributed by atoms with Crippen LogP contribution in [0.25, 0.3) is 11.5 Å². The molecule has 2 N–H and O–H groups in total. The topological polar surface area (TPSA) is 64.9 Å². The van der Waals surface area contributed by atoms with E-state index in [1.54, 1.807) is 0 Å². The van der Waals surface area contributed by atoms with Gasteiger partial charge in [0.15, 0.2) is 5.82 Å². The van der Waals surface area contributed by atoms with Gasteiger partial charge in [0.1, 0.15) is 0 Å². The van der Waals surface area contributed by atoms with Crippen LogP contribution in [0, 0.1) is 0 Å². The predicted molar refractivity (Wildman–Crippen MR) is 65.9 cm³/mol. The molecule has 2 aromatic rings. The van der Waals surface area contributed by atoms with Crippen LogP contribution in [-0.4, -0.2) is 10.1 Å². The molecule has 0 saturated heterocycles. The molecule has 0 aliphatic heterocycles. The molecule has 2 rings (SSSR count). The first kappa shape index (κ1) is 11.1. The largest absolute Gasteiger partial charge is 0.399 e. The number of rotatable bonds is 2. The highest BCUT2D eigenvalue weighted by Crippen LogP contribution is 2.29. The molecule has 16 heavy (non-hydrogen) atoms. The highest BCUT2D eigenvalue weighted by Gasteiger charge is 2.13. The fraction of sp³-hybridized carbons (Fsp3) is 0.273. The van der Waals surface area contributed by atoms with Gasteiger partial charge >= 0.3 is 0 Å². The molecular weight excluding hydrogens is 270 g/mol. The highest BCUT2D eigenvalue weighted by molar-refractivity contribution is 9.10. The zero-order valence-electron chi connectivity index (χ0n) is 9.07. The van der Waals surface area contributed by atoms with E-state index < -0.39 is 0 Å². The molecule has 0 fully saturated rings. The molecule has 0 saturated carbocycles. The van der Waals surface area contributed by atoms with Crippen molar-refractivity contribution in [2.24, 2.45) is 0 Å². The summed E-state index contributed by atoms with van der Waals surface area (Å²) in [5, 5.41) is 3.92. The Hall–Kier alpha value is -1.36. The van der Waals surface area contributed by atoms with Crippen LogP contribution < -0.4 is 5.73 Å². The SMILES string of the molecule is CC(C)c1noc(-c2cc(N)ccc2Br)n1. The van der Waals surface area contributed by atoms with Gasteiger partial charge in [-0.3, -0.25) is 0 Å². The van der Waals surface area contributed by atoms with Crippen molar-refractivity contribution in [3.05, 3.63) is 28.5 Å². The average Bonchev–Trinajstić information content (AvgIpc) is 2.70. The average molecular weight is 282 g/mol. The minimum absolute atomic E-state index is 0.248. The summed E-state index contributed by atoms with van der Waals surface area (Å²) in [6.07, 6.45) is 0. The van der Waals surface area contributed by atoms with Gasteiger partial charge in [-0.05, 0) is 34.1 Å². The lowest BCUT2D eigenvalue weighted by Gasteiger charge is -2.00. The number of nitrogens with two attached hydrogens (primary N) is 1. The maximum absolute atomic E-state index is 5.72. The summed E-state index contributed by atoms with van der Waals surface area (Å²) >= 11 is 3.43. The first-order valence-corrected chi connectivity index (χ1v) is 5.76. The van der Waals surface area contributed by atoms with Crippen molar-refractivity contribution in [2.75, 3.05) is 5.73 Å². The van der Waals surface area contributed by atoms with Crippen LogP contribution in [0.4, 0.5) is 5.69 Å². The number of nitrogens with zero attached hydrogens (tertiary/aromatic N) is 2. The molecule has 0 radical (unpaired) electrons. The van der Waals surface area contributed by atoms with E-state index in [1.807, 2.05) is 32.0 Å². The Morgan fingerprint density at radius 3 is 2.75 bits per heavy atom. The fourth-order valence-corrected chi connectivity index (χ4v) is 1.70. The van der Waals surface area contributed by atoms with Crippen LogP contribution in [0.5, 0.6) is 0 Å². The number of benzene rings is 1. The van der Waals surface area contributed by atoms with Gasteiger partial charge in [-0.1, -0.05) is 19.0 Å². The van der Waals surface area contributed by atoms with Crippen LogP contribution in [-0.2, 0) is 0 Å². The Balaban J connectivity index is 2.46. The fourth-order valence-electron chi connectivity index (χ4n) is 1.29. The molecule has 4 nitrogen and oxygen atoms in total. The van der Waals surface area contributed by atoms with E-state index in [1.165, 1.54) is 0 Å². The molecule has 0 spiro atoms. The molecule has 0 aliphatic rings. The van der Waals surface area contributed by atoms with E-state index >= 15 is 0 Å². The van der Waals surface area contributed by atoms with Crippen molar-refractivity contribution in [3.8, 4) is 11.5 Å². The zero-order valence-corrected chi connectivity index (χ0v) is 10.7. The standard InChI is InChI=1S/C11H12BrN3O/c1-6(2)10-14-11(16-15-10)8-5-7(13)3-4-9(8)12/h3-6H,13H2,1-2H3. The van der Waals surface area contributed by atoms with Gasteiger partial charge in [0.05, 0.1) is 5.56 Å². The van der Waals surface area contributed by atoms with E-state index in [0.29, 0.717) is 17.4 Å². The molecule has 1 aromatic heterocycles. The number of anilines is 1. The van der Waals surface area contributed by atoms with E-state index in [4.69, 9.17) is 10.3 Å². The molecule has 1 heterocycles. The third-order valence-corrected chi connectivity index (χ3v) is 2.87. The van der Waals surface area contributed by atoms with Crippen LogP contribution in [0.3, 0.4) is 0 Å². The molecule has 84 valence electrons. The van der Waals surface area contributed by atoms with E-state index in [9.17, 15) is 0 Å². The summed E-state index contributed by atoms with van der Waals surface area (Å²) in [5.41, 5.74) is 7.21. The molecule has 0 amide bonds. The molecule has 0 bridgehead atoms. The number of hydrogen-bond acceptors (Lipinski definition) is 4. The van der Waals surface area contributed by atoms with Crippen molar-refractivity contribution in [1.82, 2.24) is 10.1 Å². The van der Waals surface area contributed by atoms with Crippen LogP contribution in [0.15, 0.2) is 27.2 Å². The van der Waals surface area contributed by atoms with E-state index in [2.05, 4.69) is 26.1 Å². The number of nitrogen functional groups attached to an aromatic ring is 1. The third-order valence-electron chi connectivity index (χ3n) is 2.18. The number of halogens is 1. The van der Waals surface area contributed by atoms with Crippen LogP contribution in [0.1, 0.15) is 25.6 Å². The summed E-state index contributed by atoms with van der Waals surface area (Å²) in [6, 6.07) is 5.49. The van der Waals surface area contributed by atoms with Gasteiger partial charge in [-0.15, -0.1) is 0 Å². The molecule has 0 aliphatic carbocycles. The first-order chi connectivity index (χ1) is 7.58. The van der Waals surface area contributed by atoms with Crippen molar-refractivity contribution >= 4 is 21.6 Å². The summed E-state index contributed by atoms with van der Waals surface area (Å²) in [5.74, 6) is 1.43. The summed E-state index contributed by atoms with van der Waals surface area (Å²) in [4.78, 5) is 4.32. The molecular formula is C11H12BrN3O. The van der Waals surface area contributed by atoms with Crippen molar-refractivity contribution in [1.29, 1.82) is 0 Å².